The van der Waals surface area contributed by atoms with Gasteiger partial charge < -0.3 is 4.74 Å². The Morgan fingerprint density at radius 1 is 1.33 bits per heavy atom. The fourth-order valence-electron chi connectivity index (χ4n) is 2.55. The quantitative estimate of drug-likeness (QED) is 0.312. The normalized spacial score (nSPS) is 11.0. The van der Waals surface area contributed by atoms with Crippen LogP contribution in [-0.4, -0.2) is 22.1 Å². The summed E-state index contributed by atoms with van der Waals surface area (Å²) in [6.45, 7) is 5.39. The van der Waals surface area contributed by atoms with Crippen molar-refractivity contribution in [3.63, 3.8) is 0 Å². The highest BCUT2D eigenvalue weighted by atomic mass is 35.5. The Kier molecular flexibility index (Phi) is 5.91. The average molecular weight is 444 g/mol. The minimum Gasteiger partial charge on any atom is -0.457 e. The summed E-state index contributed by atoms with van der Waals surface area (Å²) < 4.78 is 6.44. The molecule has 2 aromatic heterocycles. The van der Waals surface area contributed by atoms with Crippen molar-refractivity contribution >= 4 is 62.3 Å². The minimum atomic E-state index is -0.512. The van der Waals surface area contributed by atoms with Crippen LogP contribution in [0.4, 0.5) is 0 Å². The van der Waals surface area contributed by atoms with Gasteiger partial charge in [0.1, 0.15) is 16.3 Å². The van der Waals surface area contributed by atoms with Crippen molar-refractivity contribution in [2.24, 2.45) is 0 Å². The summed E-state index contributed by atoms with van der Waals surface area (Å²) in [4.78, 5) is 30.2. The first-order valence-corrected chi connectivity index (χ1v) is 9.69. The van der Waals surface area contributed by atoms with Crippen LogP contribution in [0, 0.1) is 6.92 Å². The van der Waals surface area contributed by atoms with Gasteiger partial charge in [-0.05, 0) is 24.6 Å². The Morgan fingerprint density at radius 2 is 2.04 bits per heavy atom. The molecule has 0 fully saturated rings. The van der Waals surface area contributed by atoms with Crippen LogP contribution in [0.25, 0.3) is 10.2 Å². The molecule has 0 saturated carbocycles. The Hall–Kier alpha value is -1.86. The Labute approximate surface area is 173 Å². The summed E-state index contributed by atoms with van der Waals surface area (Å²) in [7, 11) is 0. The summed E-state index contributed by atoms with van der Waals surface area (Å²) in [5.41, 5.74) is 0.746. The van der Waals surface area contributed by atoms with Gasteiger partial charge in [0.15, 0.2) is 0 Å². The number of fused-ring (bicyclic) bond motifs is 1. The van der Waals surface area contributed by atoms with Gasteiger partial charge in [-0.2, -0.15) is 0 Å². The molecule has 0 aliphatic rings. The van der Waals surface area contributed by atoms with Crippen LogP contribution < -0.4 is 5.56 Å². The van der Waals surface area contributed by atoms with Crippen molar-refractivity contribution in [2.75, 3.05) is 6.61 Å². The molecule has 0 bridgehead atoms. The van der Waals surface area contributed by atoms with Crippen LogP contribution in [0.5, 0.6) is 0 Å². The van der Waals surface area contributed by atoms with E-state index in [4.69, 9.17) is 39.5 Å². The van der Waals surface area contributed by atoms with Gasteiger partial charge in [-0.1, -0.05) is 47.5 Å². The largest absolute Gasteiger partial charge is 0.457 e. The van der Waals surface area contributed by atoms with Crippen molar-refractivity contribution < 1.29 is 9.53 Å². The number of rotatable bonds is 5. The Balaban J connectivity index is 2.07. The molecule has 3 aromatic rings. The molecule has 5 nitrogen and oxygen atoms in total. The number of nitrogens with zero attached hydrogens (tertiary/aromatic N) is 2. The first kappa shape index (κ1) is 19.9. The lowest BCUT2D eigenvalue weighted by atomic mass is 10.2. The number of benzene rings is 1. The molecule has 0 aliphatic heterocycles. The van der Waals surface area contributed by atoms with Gasteiger partial charge in [0.25, 0.3) is 5.56 Å². The number of hydrogen-bond donors (Lipinski definition) is 0. The summed E-state index contributed by atoms with van der Waals surface area (Å²) in [5, 5.41) is 1.39. The third-order valence-corrected chi connectivity index (χ3v) is 6.28. The number of aryl methyl sites for hydroxylation is 1. The SMILES string of the molecule is C=CCOC(=O)c1sc2ncn(Cc3c(Cl)ccc(Cl)c3Cl)c(=O)c2c1C. The van der Waals surface area contributed by atoms with Crippen molar-refractivity contribution in [1.29, 1.82) is 0 Å². The zero-order valence-corrected chi connectivity index (χ0v) is 17.2. The van der Waals surface area contributed by atoms with E-state index in [9.17, 15) is 9.59 Å². The number of ether oxygens (including phenoxy) is 1. The van der Waals surface area contributed by atoms with E-state index in [2.05, 4.69) is 11.6 Å². The van der Waals surface area contributed by atoms with Gasteiger partial charge >= 0.3 is 5.97 Å². The predicted octanol–water partition coefficient (Wildman–Crippen LogP) is 5.12. The molecular formula is C18H13Cl3N2O3S. The van der Waals surface area contributed by atoms with E-state index in [0.29, 0.717) is 36.3 Å². The molecule has 0 saturated heterocycles. The zero-order chi connectivity index (χ0) is 19.7. The lowest BCUT2D eigenvalue weighted by Gasteiger charge is -2.10. The van der Waals surface area contributed by atoms with Crippen LogP contribution in [0.1, 0.15) is 20.8 Å². The summed E-state index contributed by atoms with van der Waals surface area (Å²) in [5.74, 6) is -0.512. The molecule has 0 radical (unpaired) electrons. The summed E-state index contributed by atoms with van der Waals surface area (Å²) in [6.07, 6.45) is 2.87. The number of halogens is 3. The molecule has 0 unspecified atom stereocenters. The van der Waals surface area contributed by atoms with Crippen molar-refractivity contribution in [3.05, 3.63) is 72.5 Å². The van der Waals surface area contributed by atoms with Crippen LogP contribution in [0.3, 0.4) is 0 Å². The highest BCUT2D eigenvalue weighted by molar-refractivity contribution is 7.20. The first-order valence-electron chi connectivity index (χ1n) is 7.74. The molecule has 2 heterocycles. The molecule has 0 atom stereocenters. The van der Waals surface area contributed by atoms with Crippen LogP contribution in [-0.2, 0) is 11.3 Å². The maximum absolute atomic E-state index is 13.0. The predicted molar refractivity (Wildman–Crippen MR) is 110 cm³/mol. The van der Waals surface area contributed by atoms with E-state index >= 15 is 0 Å². The molecule has 0 amide bonds. The van der Waals surface area contributed by atoms with E-state index in [1.165, 1.54) is 17.0 Å². The van der Waals surface area contributed by atoms with E-state index in [-0.39, 0.29) is 23.7 Å². The maximum Gasteiger partial charge on any atom is 0.348 e. The van der Waals surface area contributed by atoms with Gasteiger partial charge in [0.2, 0.25) is 0 Å². The highest BCUT2D eigenvalue weighted by Crippen LogP contribution is 2.32. The Morgan fingerprint density at radius 3 is 2.74 bits per heavy atom. The van der Waals surface area contributed by atoms with E-state index in [1.807, 2.05) is 0 Å². The lowest BCUT2D eigenvalue weighted by Crippen LogP contribution is -2.21. The van der Waals surface area contributed by atoms with E-state index in [0.717, 1.165) is 11.3 Å². The van der Waals surface area contributed by atoms with Gasteiger partial charge in [0.05, 0.1) is 28.3 Å². The summed E-state index contributed by atoms with van der Waals surface area (Å²) in [6, 6.07) is 3.20. The van der Waals surface area contributed by atoms with Gasteiger partial charge in [0, 0.05) is 10.6 Å². The number of hydrogen-bond acceptors (Lipinski definition) is 5. The van der Waals surface area contributed by atoms with Gasteiger partial charge in [-0.3, -0.25) is 9.36 Å². The number of carbonyl (C=O) groups is 1. The van der Waals surface area contributed by atoms with E-state index in [1.54, 1.807) is 19.1 Å². The van der Waals surface area contributed by atoms with Crippen molar-refractivity contribution in [1.82, 2.24) is 9.55 Å². The molecule has 1 aromatic carbocycles. The number of aromatic nitrogens is 2. The third-order valence-electron chi connectivity index (χ3n) is 3.90. The van der Waals surface area contributed by atoms with Gasteiger partial charge in [-0.15, -0.1) is 11.3 Å². The molecule has 27 heavy (non-hydrogen) atoms. The number of thiophene rings is 1. The van der Waals surface area contributed by atoms with Crippen LogP contribution in [0.2, 0.25) is 15.1 Å². The molecule has 0 spiro atoms. The smallest absolute Gasteiger partial charge is 0.348 e. The maximum atomic E-state index is 13.0. The third kappa shape index (κ3) is 3.75. The zero-order valence-electron chi connectivity index (χ0n) is 14.1. The second kappa shape index (κ2) is 8.02. The molecule has 0 aliphatic carbocycles. The van der Waals surface area contributed by atoms with Gasteiger partial charge in [-0.25, -0.2) is 9.78 Å². The van der Waals surface area contributed by atoms with Crippen molar-refractivity contribution in [2.45, 2.75) is 13.5 Å². The monoisotopic (exact) mass is 442 g/mol. The average Bonchev–Trinajstić information content (AvgIpc) is 2.99. The second-order valence-corrected chi connectivity index (χ2v) is 7.81. The minimum absolute atomic E-state index is 0.0932. The fourth-order valence-corrected chi connectivity index (χ4v) is 4.25. The molecule has 0 N–H and O–H groups in total. The second-order valence-electron chi connectivity index (χ2n) is 5.62. The van der Waals surface area contributed by atoms with Crippen LogP contribution in [0.15, 0.2) is 35.9 Å². The number of esters is 1. The molecule has 140 valence electrons. The van der Waals surface area contributed by atoms with E-state index < -0.39 is 5.97 Å². The Bertz CT molecular complexity index is 1120. The number of carbonyl (C=O) groups excluding carboxylic acids is 1. The lowest BCUT2D eigenvalue weighted by molar-refractivity contribution is 0.0555. The molecule has 3 rings (SSSR count). The first-order chi connectivity index (χ1) is 12.8. The fraction of sp³-hybridized carbons (Fsp3) is 0.167. The standard InChI is InChI=1S/C18H13Cl3N2O3S/c1-3-6-26-18(25)15-9(2)13-16(27-15)22-8-23(17(13)24)7-10-11(19)4-5-12(20)14(10)21/h3-5,8H,1,6-7H2,2H3. The molecular weight excluding hydrogens is 431 g/mol. The topological polar surface area (TPSA) is 61.2 Å². The van der Waals surface area contributed by atoms with Crippen molar-refractivity contribution in [3.8, 4) is 0 Å². The van der Waals surface area contributed by atoms with Crippen LogP contribution >= 0.6 is 46.1 Å². The highest BCUT2D eigenvalue weighted by Gasteiger charge is 2.21. The molecule has 9 heteroatoms. The summed E-state index contributed by atoms with van der Waals surface area (Å²) >= 11 is 19.6.